The van der Waals surface area contributed by atoms with Crippen LogP contribution in [0.4, 0.5) is 0 Å². The van der Waals surface area contributed by atoms with E-state index in [-0.39, 0.29) is 5.91 Å². The van der Waals surface area contributed by atoms with E-state index in [1.807, 2.05) is 23.1 Å². The fourth-order valence-corrected chi connectivity index (χ4v) is 4.33. The number of nitrogens with zero attached hydrogens (tertiary/aromatic N) is 5. The lowest BCUT2D eigenvalue weighted by Gasteiger charge is -2.28. The van der Waals surface area contributed by atoms with E-state index in [4.69, 9.17) is 0 Å². The van der Waals surface area contributed by atoms with E-state index < -0.39 is 0 Å². The van der Waals surface area contributed by atoms with Crippen molar-refractivity contribution < 1.29 is 4.79 Å². The van der Waals surface area contributed by atoms with Crippen LogP contribution in [0.5, 0.6) is 0 Å². The molecule has 1 aliphatic heterocycles. The standard InChI is InChI=1S/C21H23N5OS/c1-2-12-26-20(17-7-10-22-11-8-17)23-24-21(26)28-15-19(27)25-13-9-16-5-3-4-6-18(16)14-25/h3-8,10-11H,2,9,12-15H2,1H3. The predicted molar refractivity (Wildman–Crippen MR) is 110 cm³/mol. The summed E-state index contributed by atoms with van der Waals surface area (Å²) in [5, 5.41) is 9.50. The number of carbonyl (C=O) groups excluding carboxylic acids is 1. The molecule has 0 spiro atoms. The number of fused-ring (bicyclic) bond motifs is 1. The summed E-state index contributed by atoms with van der Waals surface area (Å²) in [5.74, 6) is 1.35. The van der Waals surface area contributed by atoms with Gasteiger partial charge < -0.3 is 9.47 Å². The fourth-order valence-electron chi connectivity index (χ4n) is 3.46. The van der Waals surface area contributed by atoms with Crippen LogP contribution in [0, 0.1) is 0 Å². The van der Waals surface area contributed by atoms with Gasteiger partial charge in [-0.05, 0) is 36.1 Å². The normalized spacial score (nSPS) is 13.4. The Morgan fingerprint density at radius 3 is 2.68 bits per heavy atom. The summed E-state index contributed by atoms with van der Waals surface area (Å²) < 4.78 is 2.10. The number of rotatable bonds is 6. The summed E-state index contributed by atoms with van der Waals surface area (Å²) in [5.41, 5.74) is 3.59. The van der Waals surface area contributed by atoms with Crippen molar-refractivity contribution in [3.63, 3.8) is 0 Å². The average Bonchev–Trinajstić information content (AvgIpc) is 3.15. The molecule has 28 heavy (non-hydrogen) atoms. The van der Waals surface area contributed by atoms with Crippen molar-refractivity contribution in [1.29, 1.82) is 0 Å². The zero-order valence-corrected chi connectivity index (χ0v) is 16.7. The first-order valence-corrected chi connectivity index (χ1v) is 10.6. The molecule has 3 heterocycles. The number of hydrogen-bond donors (Lipinski definition) is 0. The molecule has 144 valence electrons. The number of aromatic nitrogens is 4. The van der Waals surface area contributed by atoms with Crippen LogP contribution in [0.3, 0.4) is 0 Å². The maximum atomic E-state index is 12.8. The van der Waals surface area contributed by atoms with Crippen molar-refractivity contribution >= 4 is 17.7 Å². The zero-order valence-electron chi connectivity index (χ0n) is 15.9. The molecule has 0 atom stereocenters. The van der Waals surface area contributed by atoms with Crippen LogP contribution in [-0.4, -0.2) is 42.9 Å². The topological polar surface area (TPSA) is 63.9 Å². The van der Waals surface area contributed by atoms with Gasteiger partial charge in [-0.2, -0.15) is 0 Å². The molecule has 0 unspecified atom stereocenters. The number of pyridine rings is 1. The molecular weight excluding hydrogens is 370 g/mol. The fraction of sp³-hybridized carbons (Fsp3) is 0.333. The molecule has 0 aliphatic carbocycles. The van der Waals surface area contributed by atoms with Gasteiger partial charge in [0, 0.05) is 37.6 Å². The molecule has 2 aromatic heterocycles. The van der Waals surface area contributed by atoms with Crippen molar-refractivity contribution in [2.75, 3.05) is 12.3 Å². The van der Waals surface area contributed by atoms with Gasteiger partial charge in [0.25, 0.3) is 0 Å². The highest BCUT2D eigenvalue weighted by Crippen LogP contribution is 2.25. The van der Waals surface area contributed by atoms with E-state index in [0.717, 1.165) is 42.5 Å². The Hall–Kier alpha value is -2.67. The Morgan fingerprint density at radius 2 is 1.89 bits per heavy atom. The first-order valence-electron chi connectivity index (χ1n) is 9.57. The molecule has 0 fully saturated rings. The largest absolute Gasteiger partial charge is 0.337 e. The van der Waals surface area contributed by atoms with Crippen molar-refractivity contribution in [2.45, 2.75) is 38.0 Å². The number of amides is 1. The molecule has 0 N–H and O–H groups in total. The number of benzene rings is 1. The first kappa shape index (κ1) is 18.7. The minimum atomic E-state index is 0.149. The highest BCUT2D eigenvalue weighted by Gasteiger charge is 2.22. The lowest BCUT2D eigenvalue weighted by Crippen LogP contribution is -2.37. The van der Waals surface area contributed by atoms with Crippen LogP contribution in [0.25, 0.3) is 11.4 Å². The summed E-state index contributed by atoms with van der Waals surface area (Å²) in [7, 11) is 0. The Labute approximate surface area is 169 Å². The van der Waals surface area contributed by atoms with Crippen LogP contribution >= 0.6 is 11.8 Å². The van der Waals surface area contributed by atoms with E-state index in [2.05, 4.69) is 44.9 Å². The van der Waals surface area contributed by atoms with Crippen LogP contribution in [0.1, 0.15) is 24.5 Å². The van der Waals surface area contributed by atoms with Crippen LogP contribution in [-0.2, 0) is 24.3 Å². The minimum absolute atomic E-state index is 0.149. The quantitative estimate of drug-likeness (QED) is 0.601. The van der Waals surface area contributed by atoms with Crippen LogP contribution in [0.15, 0.2) is 53.9 Å². The highest BCUT2D eigenvalue weighted by atomic mass is 32.2. The van der Waals surface area contributed by atoms with E-state index >= 15 is 0 Å². The van der Waals surface area contributed by atoms with Crippen LogP contribution < -0.4 is 0 Å². The maximum Gasteiger partial charge on any atom is 0.233 e. The van der Waals surface area contributed by atoms with Crippen molar-refractivity contribution in [2.24, 2.45) is 0 Å². The van der Waals surface area contributed by atoms with E-state index in [9.17, 15) is 4.79 Å². The molecular formula is C21H23N5OS. The molecule has 0 bridgehead atoms. The molecule has 7 heteroatoms. The molecule has 0 saturated heterocycles. The van der Waals surface area contributed by atoms with E-state index in [1.54, 1.807) is 12.4 Å². The molecule has 4 rings (SSSR count). The maximum absolute atomic E-state index is 12.8. The van der Waals surface area contributed by atoms with Gasteiger partial charge in [0.2, 0.25) is 5.91 Å². The number of carbonyl (C=O) groups is 1. The monoisotopic (exact) mass is 393 g/mol. The lowest BCUT2D eigenvalue weighted by atomic mass is 10.00. The first-order chi connectivity index (χ1) is 13.8. The summed E-state index contributed by atoms with van der Waals surface area (Å²) >= 11 is 1.47. The highest BCUT2D eigenvalue weighted by molar-refractivity contribution is 7.99. The molecule has 3 aromatic rings. The predicted octanol–water partition coefficient (Wildman–Crippen LogP) is 3.43. The second-order valence-electron chi connectivity index (χ2n) is 6.82. The summed E-state index contributed by atoms with van der Waals surface area (Å²) in [6.45, 7) is 4.42. The van der Waals surface area contributed by atoms with E-state index in [1.165, 1.54) is 22.9 Å². The van der Waals surface area contributed by atoms with Crippen molar-refractivity contribution in [1.82, 2.24) is 24.6 Å². The Balaban J connectivity index is 1.45. The third-order valence-electron chi connectivity index (χ3n) is 4.91. The third kappa shape index (κ3) is 3.94. The third-order valence-corrected chi connectivity index (χ3v) is 5.86. The Bertz CT molecular complexity index is 956. The van der Waals surface area contributed by atoms with Gasteiger partial charge in [-0.1, -0.05) is 43.0 Å². The number of thioether (sulfide) groups is 1. The molecule has 1 aromatic carbocycles. The molecule has 6 nitrogen and oxygen atoms in total. The summed E-state index contributed by atoms with van der Waals surface area (Å²) in [4.78, 5) is 18.8. The molecule has 0 saturated carbocycles. The zero-order chi connectivity index (χ0) is 19.3. The van der Waals surface area contributed by atoms with Crippen LogP contribution in [0.2, 0.25) is 0 Å². The molecule has 1 amide bonds. The van der Waals surface area contributed by atoms with Gasteiger partial charge in [0.1, 0.15) is 0 Å². The van der Waals surface area contributed by atoms with Gasteiger partial charge in [0.15, 0.2) is 11.0 Å². The van der Waals surface area contributed by atoms with Gasteiger partial charge in [0.05, 0.1) is 5.75 Å². The smallest absolute Gasteiger partial charge is 0.233 e. The average molecular weight is 394 g/mol. The van der Waals surface area contributed by atoms with Gasteiger partial charge in [-0.3, -0.25) is 9.78 Å². The van der Waals surface area contributed by atoms with E-state index in [0.29, 0.717) is 12.3 Å². The Kier molecular flexibility index (Phi) is 5.71. The van der Waals surface area contributed by atoms with Crippen molar-refractivity contribution in [3.05, 3.63) is 59.9 Å². The second-order valence-corrected chi connectivity index (χ2v) is 7.76. The van der Waals surface area contributed by atoms with Gasteiger partial charge >= 0.3 is 0 Å². The summed E-state index contributed by atoms with van der Waals surface area (Å²) in [6, 6.07) is 12.2. The second kappa shape index (κ2) is 8.56. The molecule has 0 radical (unpaired) electrons. The SMILES string of the molecule is CCCn1c(SCC(=O)N2CCc3ccccc3C2)nnc1-c1ccncc1. The number of hydrogen-bond acceptors (Lipinski definition) is 5. The minimum Gasteiger partial charge on any atom is -0.337 e. The van der Waals surface area contributed by atoms with Gasteiger partial charge in [-0.25, -0.2) is 0 Å². The Morgan fingerprint density at radius 1 is 1.11 bits per heavy atom. The van der Waals surface area contributed by atoms with Crippen molar-refractivity contribution in [3.8, 4) is 11.4 Å². The van der Waals surface area contributed by atoms with Gasteiger partial charge in [-0.15, -0.1) is 10.2 Å². The molecule has 1 aliphatic rings. The summed E-state index contributed by atoms with van der Waals surface area (Å²) in [6.07, 6.45) is 5.40. The lowest BCUT2D eigenvalue weighted by molar-refractivity contribution is -0.129.